The Morgan fingerprint density at radius 1 is 1.23 bits per heavy atom. The number of likely N-dealkylation sites (tertiary alicyclic amines) is 1. The number of nitrogens with zero attached hydrogens (tertiary/aromatic N) is 4. The molecule has 162 valence electrons. The summed E-state index contributed by atoms with van der Waals surface area (Å²) in [5.74, 6) is 0.113. The van der Waals surface area contributed by atoms with Crippen molar-refractivity contribution in [3.63, 3.8) is 0 Å². The second-order valence-corrected chi connectivity index (χ2v) is 9.11. The third-order valence-electron chi connectivity index (χ3n) is 6.42. The van der Waals surface area contributed by atoms with E-state index in [1.807, 2.05) is 42.5 Å². The van der Waals surface area contributed by atoms with E-state index in [2.05, 4.69) is 10.4 Å². The van der Waals surface area contributed by atoms with Gasteiger partial charge in [-0.05, 0) is 55.7 Å². The molecule has 0 saturated carbocycles. The van der Waals surface area contributed by atoms with Gasteiger partial charge in [0.25, 0.3) is 5.91 Å². The van der Waals surface area contributed by atoms with E-state index in [1.165, 1.54) is 6.42 Å². The molecule has 5 rings (SSSR count). The maximum Gasteiger partial charge on any atom is 0.254 e. The number of hydrogen-bond donors (Lipinski definition) is 1. The van der Waals surface area contributed by atoms with E-state index < -0.39 is 0 Å². The number of hydrogen-bond acceptors (Lipinski definition) is 5. The summed E-state index contributed by atoms with van der Waals surface area (Å²) < 4.78 is 1.79. The van der Waals surface area contributed by atoms with Gasteiger partial charge in [0.05, 0.1) is 27.2 Å². The normalized spacial score (nSPS) is 17.7. The molecule has 0 aromatic carbocycles. The van der Waals surface area contributed by atoms with E-state index in [0.717, 1.165) is 71.9 Å². The van der Waals surface area contributed by atoms with E-state index in [1.54, 1.807) is 16.0 Å². The van der Waals surface area contributed by atoms with E-state index in [0.29, 0.717) is 5.41 Å². The van der Waals surface area contributed by atoms with Gasteiger partial charge in [-0.15, -0.1) is 36.2 Å². The molecule has 9 heteroatoms. The number of fused-ring (bicyclic) bond motifs is 1. The lowest BCUT2D eigenvalue weighted by molar-refractivity contribution is 0.0609. The van der Waals surface area contributed by atoms with Crippen LogP contribution in [0.3, 0.4) is 0 Å². The van der Waals surface area contributed by atoms with Crippen LogP contribution in [0.2, 0.25) is 0 Å². The molecule has 3 aromatic heterocycles. The second-order valence-electron chi connectivity index (χ2n) is 8.16. The lowest BCUT2D eigenvalue weighted by atomic mass is 9.77. The molecule has 5 heterocycles. The van der Waals surface area contributed by atoms with E-state index in [-0.39, 0.29) is 30.7 Å². The molecule has 30 heavy (non-hydrogen) atoms. The topological polar surface area (TPSA) is 63.1 Å². The minimum absolute atomic E-state index is 0. The summed E-state index contributed by atoms with van der Waals surface area (Å²) in [7, 11) is 1.90. The highest BCUT2D eigenvalue weighted by Crippen LogP contribution is 2.38. The molecule has 0 aliphatic carbocycles. The third-order valence-corrected chi connectivity index (χ3v) is 7.31. The lowest BCUT2D eigenvalue weighted by Gasteiger charge is -2.39. The fourth-order valence-electron chi connectivity index (χ4n) is 4.74. The van der Waals surface area contributed by atoms with Gasteiger partial charge in [-0.2, -0.15) is 5.10 Å². The summed E-state index contributed by atoms with van der Waals surface area (Å²) in [5, 5.41) is 11.0. The Morgan fingerprint density at radius 3 is 2.63 bits per heavy atom. The van der Waals surface area contributed by atoms with Gasteiger partial charge < -0.3 is 10.2 Å². The summed E-state index contributed by atoms with van der Waals surface area (Å²) in [5.41, 5.74) is 3.62. The maximum atomic E-state index is 13.5. The highest BCUT2D eigenvalue weighted by molar-refractivity contribution is 7.13. The molecule has 2 saturated heterocycles. The Bertz CT molecular complexity index is 1030. The van der Waals surface area contributed by atoms with E-state index >= 15 is 0 Å². The molecule has 1 spiro atoms. The number of aromatic nitrogens is 3. The molecule has 0 radical (unpaired) electrons. The fourth-order valence-corrected chi connectivity index (χ4v) is 5.43. The van der Waals surface area contributed by atoms with Crippen LogP contribution in [-0.4, -0.2) is 51.8 Å². The molecule has 0 bridgehead atoms. The number of carbonyl (C=O) groups excluding carboxylic acids is 1. The summed E-state index contributed by atoms with van der Waals surface area (Å²) in [4.78, 5) is 21.5. The van der Waals surface area contributed by atoms with Crippen LogP contribution in [-0.2, 0) is 7.05 Å². The van der Waals surface area contributed by atoms with Crippen LogP contribution in [0.4, 0.5) is 0 Å². The molecule has 2 fully saturated rings. The minimum Gasteiger partial charge on any atom is -0.339 e. The molecular weight excluding hydrogens is 441 g/mol. The van der Waals surface area contributed by atoms with E-state index in [9.17, 15) is 4.79 Å². The van der Waals surface area contributed by atoms with Crippen molar-refractivity contribution in [1.82, 2.24) is 25.0 Å². The number of nitrogens with one attached hydrogen (secondary N) is 1. The van der Waals surface area contributed by atoms with Gasteiger partial charge in [0.15, 0.2) is 5.65 Å². The molecule has 2 aliphatic rings. The number of pyridine rings is 1. The van der Waals surface area contributed by atoms with Crippen molar-refractivity contribution in [1.29, 1.82) is 0 Å². The number of thiophene rings is 1. The summed E-state index contributed by atoms with van der Waals surface area (Å²) in [6, 6.07) is 6.03. The molecule has 2 aliphatic heterocycles. The Hall–Kier alpha value is -1.67. The summed E-state index contributed by atoms with van der Waals surface area (Å²) >= 11 is 1.64. The number of aryl methyl sites for hydroxylation is 2. The number of rotatable bonds is 2. The van der Waals surface area contributed by atoms with Crippen LogP contribution in [0.5, 0.6) is 0 Å². The second kappa shape index (κ2) is 8.83. The van der Waals surface area contributed by atoms with Gasteiger partial charge in [0.1, 0.15) is 0 Å². The van der Waals surface area contributed by atoms with Crippen molar-refractivity contribution in [2.24, 2.45) is 12.5 Å². The van der Waals surface area contributed by atoms with Gasteiger partial charge >= 0.3 is 0 Å². The van der Waals surface area contributed by atoms with E-state index in [4.69, 9.17) is 4.98 Å². The predicted octanol–water partition coefficient (Wildman–Crippen LogP) is 4.06. The quantitative estimate of drug-likeness (QED) is 0.616. The average molecular weight is 468 g/mol. The van der Waals surface area contributed by atoms with Crippen LogP contribution >= 0.6 is 36.2 Å². The lowest BCUT2D eigenvalue weighted by Crippen LogP contribution is -2.44. The smallest absolute Gasteiger partial charge is 0.254 e. The first-order chi connectivity index (χ1) is 13.6. The van der Waals surface area contributed by atoms with Crippen molar-refractivity contribution < 1.29 is 4.79 Å². The zero-order valence-corrected chi connectivity index (χ0v) is 19.6. The zero-order chi connectivity index (χ0) is 19.3. The number of amides is 1. The molecule has 0 unspecified atom stereocenters. The number of carbonyl (C=O) groups is 1. The predicted molar refractivity (Wildman–Crippen MR) is 126 cm³/mol. The van der Waals surface area contributed by atoms with Crippen molar-refractivity contribution in [3.05, 3.63) is 34.8 Å². The molecule has 6 nitrogen and oxygen atoms in total. The number of piperidine rings is 1. The van der Waals surface area contributed by atoms with Crippen molar-refractivity contribution >= 4 is 53.1 Å². The average Bonchev–Trinajstić information content (AvgIpc) is 3.44. The number of halogens is 2. The first kappa shape index (κ1) is 23.0. The van der Waals surface area contributed by atoms with Gasteiger partial charge in [-0.1, -0.05) is 6.07 Å². The largest absolute Gasteiger partial charge is 0.339 e. The first-order valence-corrected chi connectivity index (χ1v) is 10.8. The maximum absolute atomic E-state index is 13.5. The molecule has 0 atom stereocenters. The fraction of sp³-hybridized carbons (Fsp3) is 0.476. The van der Waals surface area contributed by atoms with Gasteiger partial charge in [-0.25, -0.2) is 4.98 Å². The summed E-state index contributed by atoms with van der Waals surface area (Å²) in [6.07, 6.45) is 3.41. The van der Waals surface area contributed by atoms with Crippen molar-refractivity contribution in [2.45, 2.75) is 26.2 Å². The molecule has 3 aromatic rings. The Labute approximate surface area is 192 Å². The molecular formula is C21H27Cl2N5OS. The van der Waals surface area contributed by atoms with Gasteiger partial charge in [0, 0.05) is 26.7 Å². The van der Waals surface area contributed by atoms with Crippen LogP contribution in [0.25, 0.3) is 21.6 Å². The Kier molecular flexibility index (Phi) is 6.77. The Morgan fingerprint density at radius 2 is 2.00 bits per heavy atom. The monoisotopic (exact) mass is 467 g/mol. The van der Waals surface area contributed by atoms with Crippen LogP contribution in [0, 0.1) is 12.3 Å². The van der Waals surface area contributed by atoms with Crippen LogP contribution in [0.1, 0.15) is 35.3 Å². The van der Waals surface area contributed by atoms with Gasteiger partial charge in [0.2, 0.25) is 0 Å². The Balaban J connectivity index is 0.00000128. The first-order valence-electron chi connectivity index (χ1n) is 9.95. The highest BCUT2D eigenvalue weighted by Gasteiger charge is 2.38. The summed E-state index contributed by atoms with van der Waals surface area (Å²) in [6.45, 7) is 5.83. The third kappa shape index (κ3) is 3.84. The minimum atomic E-state index is 0. The molecule has 1 amide bonds. The van der Waals surface area contributed by atoms with Crippen molar-refractivity contribution in [3.8, 4) is 10.6 Å². The SMILES string of the molecule is Cc1nn(C)c2nc(-c3cccs3)cc(C(=O)N3CCC4(CCNC4)CC3)c12.Cl.Cl. The highest BCUT2D eigenvalue weighted by atomic mass is 35.5. The van der Waals surface area contributed by atoms with Crippen LogP contribution < -0.4 is 5.32 Å². The molecule has 1 N–H and O–H groups in total. The zero-order valence-electron chi connectivity index (χ0n) is 17.2. The van der Waals surface area contributed by atoms with Crippen LogP contribution in [0.15, 0.2) is 23.6 Å². The standard InChI is InChI=1S/C21H25N5OS.2ClH/c1-14-18-15(20(27)26-9-6-21(7-10-26)5-8-22-13-21)12-16(17-4-3-11-28-17)23-19(18)25(2)24-14;;/h3-4,11-12,22H,5-10,13H2,1-2H3;2*1H. The van der Waals surface area contributed by atoms with Crippen molar-refractivity contribution in [2.75, 3.05) is 26.2 Å². The van der Waals surface area contributed by atoms with Gasteiger partial charge in [-0.3, -0.25) is 9.48 Å².